The molecule has 1 saturated heterocycles. The lowest BCUT2D eigenvalue weighted by Gasteiger charge is -2.28. The zero-order valence-electron chi connectivity index (χ0n) is 11.6. The molecule has 20 heavy (non-hydrogen) atoms. The van der Waals surface area contributed by atoms with Crippen molar-refractivity contribution in [3.8, 4) is 0 Å². The third-order valence-corrected chi connectivity index (χ3v) is 5.23. The van der Waals surface area contributed by atoms with Crippen LogP contribution in [-0.2, 0) is 21.3 Å². The van der Waals surface area contributed by atoms with Crippen LogP contribution in [0.1, 0.15) is 25.3 Å². The molecular formula is C14H20FNO3S. The average Bonchev–Trinajstić information content (AvgIpc) is 2.52. The summed E-state index contributed by atoms with van der Waals surface area (Å²) in [5, 5.41) is 0. The van der Waals surface area contributed by atoms with Gasteiger partial charge >= 0.3 is 0 Å². The van der Waals surface area contributed by atoms with Crippen molar-refractivity contribution in [1.82, 2.24) is 4.31 Å². The van der Waals surface area contributed by atoms with E-state index in [1.54, 1.807) is 12.1 Å². The highest BCUT2D eigenvalue weighted by atomic mass is 32.2. The molecule has 1 heterocycles. The maximum absolute atomic E-state index is 13.2. The van der Waals surface area contributed by atoms with Crippen LogP contribution in [0.2, 0.25) is 0 Å². The molecule has 0 radical (unpaired) electrons. The lowest BCUT2D eigenvalue weighted by Crippen LogP contribution is -2.41. The summed E-state index contributed by atoms with van der Waals surface area (Å²) in [6.45, 7) is 2.84. The van der Waals surface area contributed by atoms with Gasteiger partial charge < -0.3 is 4.74 Å². The summed E-state index contributed by atoms with van der Waals surface area (Å²) in [5.74, 6) is -0.360. The zero-order chi connectivity index (χ0) is 14.6. The van der Waals surface area contributed by atoms with E-state index in [0.717, 1.165) is 12.8 Å². The van der Waals surface area contributed by atoms with Crippen molar-refractivity contribution in [3.63, 3.8) is 0 Å². The van der Waals surface area contributed by atoms with E-state index in [2.05, 4.69) is 0 Å². The van der Waals surface area contributed by atoms with Gasteiger partial charge in [0.25, 0.3) is 0 Å². The van der Waals surface area contributed by atoms with Crippen LogP contribution in [0.3, 0.4) is 0 Å². The van der Waals surface area contributed by atoms with E-state index in [9.17, 15) is 12.8 Å². The molecule has 0 amide bonds. The average molecular weight is 301 g/mol. The number of halogens is 1. The summed E-state index contributed by atoms with van der Waals surface area (Å²) in [6, 6.07) is 5.90. The molecule has 2 rings (SSSR count). The second-order valence-electron chi connectivity index (χ2n) is 5.01. The minimum absolute atomic E-state index is 0.0114. The number of hydrogen-bond acceptors (Lipinski definition) is 3. The molecule has 0 spiro atoms. The van der Waals surface area contributed by atoms with Gasteiger partial charge in [0.05, 0.1) is 19.0 Å². The number of nitrogens with zero attached hydrogens (tertiary/aromatic N) is 1. The Labute approximate surface area is 119 Å². The Morgan fingerprint density at radius 2 is 2.25 bits per heavy atom. The molecule has 0 unspecified atom stereocenters. The first-order valence-electron chi connectivity index (χ1n) is 6.84. The molecule has 0 bridgehead atoms. The van der Waals surface area contributed by atoms with E-state index >= 15 is 0 Å². The van der Waals surface area contributed by atoms with Gasteiger partial charge in [-0.05, 0) is 24.1 Å². The summed E-state index contributed by atoms with van der Waals surface area (Å²) in [7, 11) is -3.36. The lowest BCUT2D eigenvalue weighted by atomic mass is 10.1. The first-order chi connectivity index (χ1) is 9.53. The molecule has 6 heteroatoms. The first kappa shape index (κ1) is 15.4. The number of hydrogen-bond donors (Lipinski definition) is 0. The Morgan fingerprint density at radius 3 is 2.95 bits per heavy atom. The fourth-order valence-corrected chi connectivity index (χ4v) is 3.94. The van der Waals surface area contributed by atoms with E-state index in [0.29, 0.717) is 12.2 Å². The van der Waals surface area contributed by atoms with E-state index < -0.39 is 10.0 Å². The van der Waals surface area contributed by atoms with Crippen LogP contribution in [0.4, 0.5) is 4.39 Å². The highest BCUT2D eigenvalue weighted by Gasteiger charge is 2.32. The van der Waals surface area contributed by atoms with Crippen LogP contribution in [0.15, 0.2) is 24.3 Å². The third kappa shape index (κ3) is 3.77. The van der Waals surface area contributed by atoms with Gasteiger partial charge in [-0.2, -0.15) is 4.31 Å². The molecule has 0 aliphatic carbocycles. The molecule has 1 fully saturated rings. The highest BCUT2D eigenvalue weighted by Crippen LogP contribution is 2.20. The Hall–Kier alpha value is -0.980. The predicted molar refractivity (Wildman–Crippen MR) is 75.2 cm³/mol. The van der Waals surface area contributed by atoms with E-state index in [1.165, 1.54) is 16.4 Å². The van der Waals surface area contributed by atoms with E-state index in [4.69, 9.17) is 4.74 Å². The van der Waals surface area contributed by atoms with Gasteiger partial charge in [0.1, 0.15) is 5.82 Å². The maximum Gasteiger partial charge on any atom is 0.217 e. The van der Waals surface area contributed by atoms with Crippen LogP contribution < -0.4 is 0 Å². The quantitative estimate of drug-likeness (QED) is 0.856. The second kappa shape index (κ2) is 6.65. The van der Waals surface area contributed by atoms with Gasteiger partial charge in [0.2, 0.25) is 10.0 Å². The van der Waals surface area contributed by atoms with E-state index in [-0.39, 0.29) is 30.8 Å². The molecule has 1 aromatic carbocycles. The Bertz CT molecular complexity index is 547. The molecule has 4 nitrogen and oxygen atoms in total. The van der Waals surface area contributed by atoms with Gasteiger partial charge in [0.15, 0.2) is 0 Å². The molecule has 1 atom stereocenters. The van der Waals surface area contributed by atoms with Crippen molar-refractivity contribution in [2.24, 2.45) is 0 Å². The monoisotopic (exact) mass is 301 g/mol. The fourth-order valence-electron chi connectivity index (χ4n) is 2.41. The number of benzene rings is 1. The Morgan fingerprint density at radius 1 is 1.45 bits per heavy atom. The van der Waals surface area contributed by atoms with Gasteiger partial charge in [-0.15, -0.1) is 0 Å². The van der Waals surface area contributed by atoms with Crippen molar-refractivity contribution in [2.75, 3.05) is 19.0 Å². The molecule has 1 aliphatic rings. The summed E-state index contributed by atoms with van der Waals surface area (Å²) in [6.07, 6.45) is 1.62. The first-order valence-corrected chi connectivity index (χ1v) is 8.45. The predicted octanol–water partition coefficient (Wildman–Crippen LogP) is 2.16. The van der Waals surface area contributed by atoms with Gasteiger partial charge in [0, 0.05) is 12.6 Å². The minimum atomic E-state index is -3.36. The second-order valence-corrected chi connectivity index (χ2v) is 7.05. The van der Waals surface area contributed by atoms with Crippen molar-refractivity contribution in [2.45, 2.75) is 32.4 Å². The number of rotatable bonds is 4. The van der Waals surface area contributed by atoms with Crippen LogP contribution in [0.25, 0.3) is 0 Å². The van der Waals surface area contributed by atoms with Gasteiger partial charge in [-0.25, -0.2) is 12.8 Å². The third-order valence-electron chi connectivity index (χ3n) is 3.41. The normalized spacial score (nSPS) is 23.4. The number of ether oxygens (including phenoxy) is 1. The van der Waals surface area contributed by atoms with Crippen LogP contribution in [0.5, 0.6) is 0 Å². The van der Waals surface area contributed by atoms with Crippen LogP contribution >= 0.6 is 0 Å². The highest BCUT2D eigenvalue weighted by molar-refractivity contribution is 7.89. The summed E-state index contributed by atoms with van der Waals surface area (Å²) >= 11 is 0. The largest absolute Gasteiger partial charge is 0.379 e. The fraction of sp³-hybridized carbons (Fsp3) is 0.571. The molecule has 0 saturated carbocycles. The van der Waals surface area contributed by atoms with Crippen molar-refractivity contribution in [1.29, 1.82) is 0 Å². The molecule has 1 aromatic rings. The van der Waals surface area contributed by atoms with Gasteiger partial charge in [-0.1, -0.05) is 25.5 Å². The standard InChI is InChI=1S/C14H20FNO3S/c1-2-4-14-11-19-7-8-20(17,18)16(14)10-12-5-3-6-13(15)9-12/h3,5-6,9,14H,2,4,7-8,10-11H2,1H3/t14-/m0/s1. The molecule has 1 aliphatic heterocycles. The minimum Gasteiger partial charge on any atom is -0.379 e. The maximum atomic E-state index is 13.2. The SMILES string of the molecule is CCC[C@H]1COCCS(=O)(=O)N1Cc1cccc(F)c1. The smallest absolute Gasteiger partial charge is 0.217 e. The topological polar surface area (TPSA) is 46.6 Å². The summed E-state index contributed by atoms with van der Waals surface area (Å²) in [4.78, 5) is 0. The van der Waals surface area contributed by atoms with Crippen molar-refractivity contribution < 1.29 is 17.5 Å². The number of sulfonamides is 1. The zero-order valence-corrected chi connectivity index (χ0v) is 12.4. The Kier molecular flexibility index (Phi) is 5.12. The van der Waals surface area contributed by atoms with Crippen LogP contribution in [-0.4, -0.2) is 37.7 Å². The van der Waals surface area contributed by atoms with E-state index in [1.807, 2.05) is 6.92 Å². The van der Waals surface area contributed by atoms with Gasteiger partial charge in [-0.3, -0.25) is 0 Å². The van der Waals surface area contributed by atoms with Crippen LogP contribution in [0, 0.1) is 5.82 Å². The molecule has 0 aromatic heterocycles. The molecule has 0 N–H and O–H groups in total. The summed E-state index contributed by atoms with van der Waals surface area (Å²) < 4.78 is 44.8. The molecular weight excluding hydrogens is 281 g/mol. The molecule has 112 valence electrons. The van der Waals surface area contributed by atoms with Crippen molar-refractivity contribution >= 4 is 10.0 Å². The Balaban J connectivity index is 2.26. The van der Waals surface area contributed by atoms with Crippen molar-refractivity contribution in [3.05, 3.63) is 35.6 Å². The lowest BCUT2D eigenvalue weighted by molar-refractivity contribution is 0.105. The summed E-state index contributed by atoms with van der Waals surface area (Å²) in [5.41, 5.74) is 0.663.